The largest absolute Gasteiger partial charge is 0.371 e. The molecule has 0 bridgehead atoms. The number of urea groups is 1. The molecule has 1 aromatic heterocycles. The number of nitrogens with zero attached hydrogens (tertiary/aromatic N) is 3. The number of nitrogens with one attached hydrogen (secondary N) is 2. The van der Waals surface area contributed by atoms with E-state index in [0.29, 0.717) is 13.2 Å². The number of carbonyl (C=O) groups excluding carboxylic acids is 1. The van der Waals surface area contributed by atoms with Gasteiger partial charge in [-0.05, 0) is 12.8 Å². The maximum Gasteiger partial charge on any atom is 0.315 e. The molecule has 1 saturated carbocycles. The molecule has 2 N–H and O–H groups in total. The van der Waals surface area contributed by atoms with Crippen LogP contribution >= 0.6 is 0 Å². The highest BCUT2D eigenvalue weighted by molar-refractivity contribution is 5.74. The van der Waals surface area contributed by atoms with Crippen molar-refractivity contribution in [2.75, 3.05) is 13.2 Å². The van der Waals surface area contributed by atoms with Gasteiger partial charge in [0, 0.05) is 11.6 Å². The molecule has 1 aliphatic carbocycles. The number of hydrogen-bond donors (Lipinski definition) is 2. The van der Waals surface area contributed by atoms with Crippen molar-refractivity contribution in [3.63, 3.8) is 0 Å². The smallest absolute Gasteiger partial charge is 0.315 e. The Morgan fingerprint density at radius 2 is 1.79 bits per heavy atom. The second kappa shape index (κ2) is 8.12. The number of ether oxygens (including phenoxy) is 2. The maximum atomic E-state index is 12.4. The molecule has 0 unspecified atom stereocenters. The molecule has 3 fully saturated rings. The number of benzene rings is 1. The fourth-order valence-electron chi connectivity index (χ4n) is 4.65. The number of hydrogen-bond acceptors (Lipinski definition) is 5. The summed E-state index contributed by atoms with van der Waals surface area (Å²) in [5.74, 6) is 0. The molecule has 3 aliphatic rings. The van der Waals surface area contributed by atoms with Gasteiger partial charge in [-0.1, -0.05) is 54.8 Å². The van der Waals surface area contributed by atoms with E-state index in [4.69, 9.17) is 9.47 Å². The van der Waals surface area contributed by atoms with Crippen molar-refractivity contribution >= 4 is 6.03 Å². The minimum absolute atomic E-state index is 0.0434. The minimum Gasteiger partial charge on any atom is -0.371 e. The Labute approximate surface area is 169 Å². The van der Waals surface area contributed by atoms with E-state index in [9.17, 15) is 4.79 Å². The third kappa shape index (κ3) is 3.86. The van der Waals surface area contributed by atoms with E-state index < -0.39 is 0 Å². The van der Waals surface area contributed by atoms with Gasteiger partial charge in [0.1, 0.15) is 23.9 Å². The zero-order valence-corrected chi connectivity index (χ0v) is 16.4. The second-order valence-corrected chi connectivity index (χ2v) is 8.17. The average molecular weight is 397 g/mol. The van der Waals surface area contributed by atoms with Crippen molar-refractivity contribution in [1.82, 2.24) is 25.6 Å². The zero-order chi connectivity index (χ0) is 19.6. The lowest BCUT2D eigenvalue weighted by Gasteiger charge is -2.24. The van der Waals surface area contributed by atoms with Crippen LogP contribution in [0, 0.1) is 0 Å². The molecule has 2 aliphatic heterocycles. The first-order valence-electron chi connectivity index (χ1n) is 10.6. The SMILES string of the molecule is O=C(NC1CCCCC1)N[C@H]1CO[C@H]2[C@@H]1OC[C@@H]2n1cc(-c2ccccc2)nn1. The van der Waals surface area contributed by atoms with Gasteiger partial charge in [0.2, 0.25) is 0 Å². The first-order valence-corrected chi connectivity index (χ1v) is 10.6. The van der Waals surface area contributed by atoms with Crippen LogP contribution in [0.25, 0.3) is 11.3 Å². The molecule has 2 aromatic rings. The van der Waals surface area contributed by atoms with Gasteiger partial charge in [0.05, 0.1) is 25.5 Å². The zero-order valence-electron chi connectivity index (χ0n) is 16.4. The van der Waals surface area contributed by atoms with E-state index in [1.807, 2.05) is 41.2 Å². The first kappa shape index (κ1) is 18.6. The van der Waals surface area contributed by atoms with Crippen molar-refractivity contribution in [2.24, 2.45) is 0 Å². The Hall–Kier alpha value is -2.45. The van der Waals surface area contributed by atoms with Gasteiger partial charge in [-0.25, -0.2) is 9.48 Å². The summed E-state index contributed by atoms with van der Waals surface area (Å²) in [7, 11) is 0. The van der Waals surface area contributed by atoms with Crippen LogP contribution in [0.15, 0.2) is 36.5 Å². The fourth-order valence-corrected chi connectivity index (χ4v) is 4.65. The number of rotatable bonds is 4. The van der Waals surface area contributed by atoms with Gasteiger partial charge in [-0.15, -0.1) is 5.10 Å². The lowest BCUT2D eigenvalue weighted by Crippen LogP contribution is -2.50. The molecule has 154 valence electrons. The average Bonchev–Trinajstić information content (AvgIpc) is 3.47. The quantitative estimate of drug-likeness (QED) is 0.826. The van der Waals surface area contributed by atoms with E-state index in [-0.39, 0.29) is 36.4 Å². The molecular formula is C21H27N5O3. The maximum absolute atomic E-state index is 12.4. The number of aromatic nitrogens is 3. The van der Waals surface area contributed by atoms with Gasteiger partial charge in [0.15, 0.2) is 0 Å². The Bertz CT molecular complexity index is 836. The lowest BCUT2D eigenvalue weighted by atomic mass is 9.96. The van der Waals surface area contributed by atoms with E-state index in [1.165, 1.54) is 19.3 Å². The van der Waals surface area contributed by atoms with Crippen LogP contribution in [-0.4, -0.2) is 58.5 Å². The van der Waals surface area contributed by atoms with Gasteiger partial charge in [-0.3, -0.25) is 0 Å². The highest BCUT2D eigenvalue weighted by Crippen LogP contribution is 2.34. The summed E-state index contributed by atoms with van der Waals surface area (Å²) in [6.07, 6.45) is 7.41. The van der Waals surface area contributed by atoms with E-state index in [0.717, 1.165) is 24.1 Å². The number of amides is 2. The van der Waals surface area contributed by atoms with Crippen LogP contribution in [-0.2, 0) is 9.47 Å². The Morgan fingerprint density at radius 1 is 1.00 bits per heavy atom. The second-order valence-electron chi connectivity index (χ2n) is 8.17. The lowest BCUT2D eigenvalue weighted by molar-refractivity contribution is 0.0622. The van der Waals surface area contributed by atoms with Crippen LogP contribution in [0.4, 0.5) is 4.79 Å². The number of fused-ring (bicyclic) bond motifs is 1. The van der Waals surface area contributed by atoms with Gasteiger partial charge in [-0.2, -0.15) is 0 Å². The first-order chi connectivity index (χ1) is 14.3. The molecule has 8 nitrogen and oxygen atoms in total. The molecule has 2 saturated heterocycles. The minimum atomic E-state index is -0.165. The van der Waals surface area contributed by atoms with Crippen molar-refractivity contribution in [2.45, 2.75) is 62.4 Å². The van der Waals surface area contributed by atoms with Crippen LogP contribution in [0.2, 0.25) is 0 Å². The van der Waals surface area contributed by atoms with Crippen molar-refractivity contribution in [3.8, 4) is 11.3 Å². The molecule has 2 amide bonds. The van der Waals surface area contributed by atoms with Crippen molar-refractivity contribution < 1.29 is 14.3 Å². The van der Waals surface area contributed by atoms with Crippen LogP contribution < -0.4 is 10.6 Å². The third-order valence-electron chi connectivity index (χ3n) is 6.20. The van der Waals surface area contributed by atoms with Gasteiger partial charge in [0.25, 0.3) is 0 Å². The van der Waals surface area contributed by atoms with E-state index in [2.05, 4.69) is 20.9 Å². The monoisotopic (exact) mass is 397 g/mol. The normalized spacial score (nSPS) is 29.5. The molecular weight excluding hydrogens is 370 g/mol. The predicted octanol–water partition coefficient (Wildman–Crippen LogP) is 2.28. The topological polar surface area (TPSA) is 90.3 Å². The summed E-state index contributed by atoms with van der Waals surface area (Å²) in [5, 5.41) is 14.8. The molecule has 3 heterocycles. The fraction of sp³-hybridized carbons (Fsp3) is 0.571. The van der Waals surface area contributed by atoms with E-state index >= 15 is 0 Å². The summed E-state index contributed by atoms with van der Waals surface area (Å²) in [6.45, 7) is 0.944. The third-order valence-corrected chi connectivity index (χ3v) is 6.20. The molecule has 29 heavy (non-hydrogen) atoms. The van der Waals surface area contributed by atoms with Crippen LogP contribution in [0.1, 0.15) is 38.1 Å². The Kier molecular flexibility index (Phi) is 5.20. The van der Waals surface area contributed by atoms with Gasteiger partial charge < -0.3 is 20.1 Å². The molecule has 0 spiro atoms. The summed E-state index contributed by atoms with van der Waals surface area (Å²) in [5.41, 5.74) is 1.86. The Balaban J connectivity index is 1.20. The standard InChI is InChI=1S/C21H27N5O3/c27-21(22-15-9-5-2-6-10-15)23-17-12-28-20-18(13-29-19(17)20)26-11-16(24-25-26)14-7-3-1-4-8-14/h1,3-4,7-8,11,15,17-20H,2,5-6,9-10,12-13H2,(H2,22,23,27)/t17-,18-,19+,20+/m0/s1. The Morgan fingerprint density at radius 3 is 2.62 bits per heavy atom. The van der Waals surface area contributed by atoms with Gasteiger partial charge >= 0.3 is 6.03 Å². The molecule has 0 radical (unpaired) electrons. The van der Waals surface area contributed by atoms with Crippen molar-refractivity contribution in [3.05, 3.63) is 36.5 Å². The number of carbonyl (C=O) groups is 1. The predicted molar refractivity (Wildman–Crippen MR) is 106 cm³/mol. The van der Waals surface area contributed by atoms with Crippen LogP contribution in [0.3, 0.4) is 0 Å². The van der Waals surface area contributed by atoms with Crippen molar-refractivity contribution in [1.29, 1.82) is 0 Å². The molecule has 5 rings (SSSR count). The summed E-state index contributed by atoms with van der Waals surface area (Å²) in [4.78, 5) is 12.4. The summed E-state index contributed by atoms with van der Waals surface area (Å²) >= 11 is 0. The highest BCUT2D eigenvalue weighted by atomic mass is 16.6. The highest BCUT2D eigenvalue weighted by Gasteiger charge is 2.49. The summed E-state index contributed by atoms with van der Waals surface area (Å²) in [6, 6.07) is 9.95. The summed E-state index contributed by atoms with van der Waals surface area (Å²) < 4.78 is 13.8. The molecule has 4 atom stereocenters. The van der Waals surface area contributed by atoms with Crippen LogP contribution in [0.5, 0.6) is 0 Å². The van der Waals surface area contributed by atoms with E-state index in [1.54, 1.807) is 0 Å². The molecule has 1 aromatic carbocycles. The molecule has 8 heteroatoms.